The molecule has 4 heterocycles. The van der Waals surface area contributed by atoms with Gasteiger partial charge in [0.1, 0.15) is 23.8 Å². The summed E-state index contributed by atoms with van der Waals surface area (Å²) in [6.45, 7) is 15.6. The van der Waals surface area contributed by atoms with E-state index in [9.17, 15) is 0 Å². The van der Waals surface area contributed by atoms with Crippen molar-refractivity contribution in [1.29, 1.82) is 0 Å². The zero-order valence-electron chi connectivity index (χ0n) is 28.3. The molecule has 6 rings (SSSR count). The van der Waals surface area contributed by atoms with Crippen molar-refractivity contribution in [2.45, 2.75) is 51.3 Å². The fraction of sp³-hybridized carbons (Fsp3) is 0.529. The molecule has 0 bridgehead atoms. The third-order valence-corrected chi connectivity index (χ3v) is 11.1. The average molecular weight is 713 g/mol. The van der Waals surface area contributed by atoms with Crippen molar-refractivity contribution in [2.75, 3.05) is 82.9 Å². The van der Waals surface area contributed by atoms with Crippen LogP contribution in [0.1, 0.15) is 32.3 Å². The molecule has 3 aromatic rings. The summed E-state index contributed by atoms with van der Waals surface area (Å²) in [6.07, 6.45) is 4.13. The average Bonchev–Trinajstić information content (AvgIpc) is 2.98. The van der Waals surface area contributed by atoms with Gasteiger partial charge in [-0.3, -0.25) is 4.90 Å². The molecule has 3 aliphatic heterocycles. The number of methoxy groups -OCH3 is 1. The van der Waals surface area contributed by atoms with Crippen LogP contribution in [0.2, 0.25) is 0 Å². The highest BCUT2D eigenvalue weighted by Crippen LogP contribution is 2.44. The predicted octanol–water partition coefficient (Wildman–Crippen LogP) is 6.17. The van der Waals surface area contributed by atoms with Crippen LogP contribution in [0.3, 0.4) is 0 Å². The lowest BCUT2D eigenvalue weighted by Gasteiger charge is -2.49. The summed E-state index contributed by atoms with van der Waals surface area (Å²) in [4.78, 5) is 16.9. The zero-order chi connectivity index (χ0) is 32.7. The molecule has 2 saturated heterocycles. The number of rotatable bonds is 9. The SMILES string of the molecule is COc1cc(N2CCC(N3CC(N(C)C)C3)CC2)c(C)cc1Nc1ncc(Br)c(Nc2ccc3c(c2P(C)C)OCC(C)(C)O3)n1. The van der Waals surface area contributed by atoms with Gasteiger partial charge >= 0.3 is 0 Å². The van der Waals surface area contributed by atoms with E-state index in [1.165, 1.54) is 37.2 Å². The van der Waals surface area contributed by atoms with Gasteiger partial charge in [-0.25, -0.2) is 4.98 Å². The predicted molar refractivity (Wildman–Crippen MR) is 193 cm³/mol. The molecule has 2 N–H and O–H groups in total. The van der Waals surface area contributed by atoms with Gasteiger partial charge in [0.2, 0.25) is 5.95 Å². The number of aryl methyl sites for hydroxylation is 1. The quantitative estimate of drug-likeness (QED) is 0.251. The lowest BCUT2D eigenvalue weighted by Crippen LogP contribution is -2.62. The van der Waals surface area contributed by atoms with Crippen LogP contribution in [0.4, 0.5) is 28.8 Å². The molecule has 0 saturated carbocycles. The first-order valence-electron chi connectivity index (χ1n) is 16.0. The molecule has 12 heteroatoms. The summed E-state index contributed by atoms with van der Waals surface area (Å²) >= 11 is 3.65. The van der Waals surface area contributed by atoms with E-state index in [1.807, 2.05) is 26.0 Å². The number of nitrogens with one attached hydrogen (secondary N) is 2. The minimum atomic E-state index is -0.509. The molecular weight excluding hydrogens is 665 g/mol. The van der Waals surface area contributed by atoms with Crippen LogP contribution in [-0.2, 0) is 0 Å². The third-order valence-electron chi connectivity index (χ3n) is 9.20. The highest BCUT2D eigenvalue weighted by molar-refractivity contribution is 9.10. The van der Waals surface area contributed by atoms with E-state index < -0.39 is 7.92 Å². The second-order valence-electron chi connectivity index (χ2n) is 13.6. The number of nitrogens with zero attached hydrogens (tertiary/aromatic N) is 5. The minimum absolute atomic E-state index is 0.363. The molecule has 0 unspecified atom stereocenters. The number of halogens is 1. The number of benzene rings is 2. The van der Waals surface area contributed by atoms with E-state index in [1.54, 1.807) is 13.3 Å². The first-order chi connectivity index (χ1) is 21.9. The summed E-state index contributed by atoms with van der Waals surface area (Å²) in [5.74, 6) is 3.48. The van der Waals surface area contributed by atoms with Crippen LogP contribution in [0.25, 0.3) is 0 Å². The molecule has 0 amide bonds. The number of likely N-dealkylation sites (N-methyl/N-ethyl adjacent to an activating group) is 1. The van der Waals surface area contributed by atoms with Crippen molar-refractivity contribution in [2.24, 2.45) is 0 Å². The van der Waals surface area contributed by atoms with Crippen LogP contribution < -0.4 is 35.0 Å². The molecule has 0 radical (unpaired) electrons. The maximum atomic E-state index is 6.24. The Morgan fingerprint density at radius 3 is 2.50 bits per heavy atom. The van der Waals surface area contributed by atoms with Gasteiger partial charge in [-0.1, -0.05) is 7.92 Å². The Morgan fingerprint density at radius 2 is 1.83 bits per heavy atom. The molecule has 2 aromatic carbocycles. The Balaban J connectivity index is 1.17. The molecule has 248 valence electrons. The number of hydrogen-bond acceptors (Lipinski definition) is 10. The number of anilines is 5. The van der Waals surface area contributed by atoms with E-state index in [0.29, 0.717) is 30.5 Å². The van der Waals surface area contributed by atoms with Crippen molar-refractivity contribution >= 4 is 58.0 Å². The second kappa shape index (κ2) is 13.3. The Morgan fingerprint density at radius 1 is 1.09 bits per heavy atom. The van der Waals surface area contributed by atoms with E-state index in [2.05, 4.69) is 92.7 Å². The minimum Gasteiger partial charge on any atom is -0.494 e. The number of likely N-dealkylation sites (tertiary alicyclic amines) is 1. The van der Waals surface area contributed by atoms with Gasteiger partial charge in [-0.15, -0.1) is 0 Å². The normalized spacial score (nSPS) is 18.5. The number of ether oxygens (including phenoxy) is 3. The Hall–Kier alpha value is -2.85. The number of hydrogen-bond donors (Lipinski definition) is 2. The van der Waals surface area contributed by atoms with E-state index >= 15 is 0 Å². The van der Waals surface area contributed by atoms with Crippen LogP contribution in [-0.4, -0.2) is 105 Å². The van der Waals surface area contributed by atoms with Crippen LogP contribution >= 0.6 is 23.9 Å². The number of piperidine rings is 1. The maximum Gasteiger partial charge on any atom is 0.229 e. The zero-order valence-corrected chi connectivity index (χ0v) is 30.8. The largest absolute Gasteiger partial charge is 0.494 e. The van der Waals surface area contributed by atoms with Crippen molar-refractivity contribution in [1.82, 2.24) is 19.8 Å². The summed E-state index contributed by atoms with van der Waals surface area (Å²) in [5, 5.41) is 8.07. The third kappa shape index (κ3) is 6.89. The molecule has 0 aliphatic carbocycles. The molecule has 0 atom stereocenters. The van der Waals surface area contributed by atoms with Crippen LogP contribution in [0.15, 0.2) is 34.9 Å². The fourth-order valence-corrected chi connectivity index (χ4v) is 8.01. The Labute approximate surface area is 283 Å². The standard InChI is InChI=1S/C34H47BrN7O3P/c1-21-15-26(29(43-6)16-27(21)41-13-11-22(12-14-41)42-18-23(19-42)40(4)5)38-33-36-17-24(35)32(39-33)37-25-9-10-28-30(31(25)46(7)8)44-20-34(2,3)45-28/h9-10,15-17,22-23H,11-14,18-20H2,1-8H3,(H2,36,37,38,39). The van der Waals surface area contributed by atoms with E-state index in [4.69, 9.17) is 19.2 Å². The topological polar surface area (TPSA) is 87.3 Å². The summed E-state index contributed by atoms with van der Waals surface area (Å²) in [5.41, 5.74) is 3.82. The number of aromatic nitrogens is 2. The van der Waals surface area contributed by atoms with Gasteiger partial charge in [-0.2, -0.15) is 4.98 Å². The first kappa shape index (κ1) is 33.1. The fourth-order valence-electron chi connectivity index (χ4n) is 6.52. The lowest BCUT2D eigenvalue weighted by atomic mass is 9.96. The highest BCUT2D eigenvalue weighted by Gasteiger charge is 2.35. The monoisotopic (exact) mass is 711 g/mol. The smallest absolute Gasteiger partial charge is 0.229 e. The highest BCUT2D eigenvalue weighted by atomic mass is 79.9. The van der Waals surface area contributed by atoms with Crippen LogP contribution in [0, 0.1) is 6.92 Å². The van der Waals surface area contributed by atoms with Gasteiger partial charge in [0.05, 0.1) is 23.0 Å². The van der Waals surface area contributed by atoms with Gasteiger partial charge < -0.3 is 34.6 Å². The number of fused-ring (bicyclic) bond motifs is 1. The second-order valence-corrected chi connectivity index (χ2v) is 16.7. The summed E-state index contributed by atoms with van der Waals surface area (Å²) < 4.78 is 19.1. The first-order valence-corrected chi connectivity index (χ1v) is 19.0. The molecule has 46 heavy (non-hydrogen) atoms. The Bertz CT molecular complexity index is 1570. The van der Waals surface area contributed by atoms with Gasteiger partial charge in [-0.05, 0) is 101 Å². The van der Waals surface area contributed by atoms with E-state index in [0.717, 1.165) is 51.5 Å². The molecular formula is C34H47BrN7O3P. The summed E-state index contributed by atoms with van der Waals surface area (Å²) in [6, 6.07) is 9.68. The molecule has 1 aromatic heterocycles. The molecule has 2 fully saturated rings. The lowest BCUT2D eigenvalue weighted by molar-refractivity contribution is 0.0188. The Kier molecular flexibility index (Phi) is 9.59. The van der Waals surface area contributed by atoms with Crippen molar-refractivity contribution in [3.63, 3.8) is 0 Å². The van der Waals surface area contributed by atoms with E-state index in [-0.39, 0.29) is 5.60 Å². The van der Waals surface area contributed by atoms with Crippen molar-refractivity contribution in [3.8, 4) is 17.2 Å². The van der Waals surface area contributed by atoms with Gasteiger partial charge in [0, 0.05) is 61.5 Å². The molecule has 3 aliphatic rings. The van der Waals surface area contributed by atoms with Crippen LogP contribution in [0.5, 0.6) is 17.2 Å². The molecule has 0 spiro atoms. The van der Waals surface area contributed by atoms with Gasteiger partial charge in [0.15, 0.2) is 11.5 Å². The summed E-state index contributed by atoms with van der Waals surface area (Å²) in [7, 11) is 5.57. The maximum absolute atomic E-state index is 6.24. The van der Waals surface area contributed by atoms with Gasteiger partial charge in [0.25, 0.3) is 0 Å². The molecule has 10 nitrogen and oxygen atoms in total. The van der Waals surface area contributed by atoms with Crippen molar-refractivity contribution in [3.05, 3.63) is 40.5 Å². The van der Waals surface area contributed by atoms with Crippen molar-refractivity contribution < 1.29 is 14.2 Å².